The largest absolute Gasteiger partial charge is 0.301 e. The van der Waals surface area contributed by atoms with Gasteiger partial charge in [-0.15, -0.1) is 11.3 Å². The molecule has 2 heterocycles. The number of aryl methyl sites for hydroxylation is 1. The zero-order valence-electron chi connectivity index (χ0n) is 7.86. The van der Waals surface area contributed by atoms with Crippen LogP contribution < -0.4 is 5.56 Å². The second-order valence-corrected chi connectivity index (χ2v) is 5.02. The van der Waals surface area contributed by atoms with E-state index >= 15 is 0 Å². The Bertz CT molecular complexity index is 588. The monoisotopic (exact) mass is 286 g/mol. The Morgan fingerprint density at radius 1 is 1.67 bits per heavy atom. The third kappa shape index (κ3) is 1.63. The van der Waals surface area contributed by atoms with Crippen LogP contribution in [0.5, 0.6) is 0 Å². The summed E-state index contributed by atoms with van der Waals surface area (Å²) in [6, 6.07) is 0. The second-order valence-electron chi connectivity index (χ2n) is 3.02. The van der Waals surface area contributed by atoms with Gasteiger partial charge in [-0.05, 0) is 22.9 Å². The number of fused-ring (bicyclic) bond motifs is 1. The van der Waals surface area contributed by atoms with Crippen LogP contribution in [-0.2, 0) is 11.3 Å². The average Bonchev–Trinajstić information content (AvgIpc) is 2.49. The molecule has 0 spiro atoms. The van der Waals surface area contributed by atoms with E-state index in [-0.39, 0.29) is 12.1 Å². The first kappa shape index (κ1) is 10.5. The molecule has 0 aliphatic carbocycles. The van der Waals surface area contributed by atoms with Crippen LogP contribution in [0.1, 0.15) is 4.88 Å². The molecule has 0 amide bonds. The van der Waals surface area contributed by atoms with Crippen molar-refractivity contribution in [2.45, 2.75) is 13.5 Å². The quantitative estimate of drug-likeness (QED) is 0.790. The van der Waals surface area contributed by atoms with Crippen molar-refractivity contribution in [1.29, 1.82) is 0 Å². The highest BCUT2D eigenvalue weighted by Crippen LogP contribution is 2.30. The molecule has 78 valence electrons. The van der Waals surface area contributed by atoms with Gasteiger partial charge in [0.2, 0.25) is 0 Å². The maximum Gasteiger partial charge on any atom is 0.263 e. The Morgan fingerprint density at radius 3 is 3.07 bits per heavy atom. The molecule has 0 saturated carbocycles. The van der Waals surface area contributed by atoms with E-state index in [4.69, 9.17) is 0 Å². The van der Waals surface area contributed by atoms with E-state index in [1.54, 1.807) is 0 Å². The minimum atomic E-state index is -0.177. The fraction of sp³-hybridized carbons (Fsp3) is 0.222. The lowest BCUT2D eigenvalue weighted by atomic mass is 10.3. The summed E-state index contributed by atoms with van der Waals surface area (Å²) in [6.45, 7) is 1.96. The van der Waals surface area contributed by atoms with Gasteiger partial charge in [-0.3, -0.25) is 9.36 Å². The van der Waals surface area contributed by atoms with E-state index in [0.29, 0.717) is 16.5 Å². The molecule has 0 N–H and O–H groups in total. The number of nitrogens with zero attached hydrogens (tertiary/aromatic N) is 2. The Kier molecular flexibility index (Phi) is 2.70. The molecule has 0 atom stereocenters. The van der Waals surface area contributed by atoms with Gasteiger partial charge in [0.15, 0.2) is 0 Å². The molecule has 0 aliphatic heterocycles. The van der Waals surface area contributed by atoms with Crippen molar-refractivity contribution in [3.8, 4) is 0 Å². The van der Waals surface area contributed by atoms with Crippen LogP contribution in [0, 0.1) is 6.92 Å². The van der Waals surface area contributed by atoms with Crippen molar-refractivity contribution in [3.05, 3.63) is 26.0 Å². The van der Waals surface area contributed by atoms with Crippen LogP contribution >= 0.6 is 27.3 Å². The molecular weight excluding hydrogens is 280 g/mol. The van der Waals surface area contributed by atoms with Gasteiger partial charge in [0.25, 0.3) is 5.56 Å². The second kappa shape index (κ2) is 3.86. The number of hydrogen-bond donors (Lipinski definition) is 0. The molecule has 0 fully saturated rings. The van der Waals surface area contributed by atoms with Gasteiger partial charge in [-0.1, -0.05) is 0 Å². The Balaban J connectivity index is 2.82. The molecule has 0 bridgehead atoms. The lowest BCUT2D eigenvalue weighted by Crippen LogP contribution is -2.20. The van der Waals surface area contributed by atoms with Crippen LogP contribution in [0.2, 0.25) is 0 Å². The van der Waals surface area contributed by atoms with Crippen molar-refractivity contribution in [2.75, 3.05) is 0 Å². The number of aromatic nitrogens is 2. The number of carbonyl (C=O) groups excluding carboxylic acids is 1. The van der Waals surface area contributed by atoms with E-state index in [9.17, 15) is 9.59 Å². The summed E-state index contributed by atoms with van der Waals surface area (Å²) in [4.78, 5) is 28.1. The molecule has 2 aromatic rings. The minimum absolute atomic E-state index is 0.0447. The highest BCUT2D eigenvalue weighted by molar-refractivity contribution is 9.10. The summed E-state index contributed by atoms with van der Waals surface area (Å²) in [7, 11) is 0. The van der Waals surface area contributed by atoms with Crippen molar-refractivity contribution < 1.29 is 4.79 Å². The molecule has 6 heteroatoms. The maximum atomic E-state index is 11.9. The zero-order valence-corrected chi connectivity index (χ0v) is 10.3. The topological polar surface area (TPSA) is 52.0 Å². The number of aldehydes is 1. The van der Waals surface area contributed by atoms with Gasteiger partial charge in [0.1, 0.15) is 11.1 Å². The molecule has 0 aliphatic rings. The fourth-order valence-corrected chi connectivity index (χ4v) is 2.92. The minimum Gasteiger partial charge on any atom is -0.301 e. The van der Waals surface area contributed by atoms with Gasteiger partial charge < -0.3 is 4.79 Å². The van der Waals surface area contributed by atoms with Crippen LogP contribution in [0.25, 0.3) is 10.2 Å². The summed E-state index contributed by atoms with van der Waals surface area (Å²) in [5, 5.41) is 0.557. The van der Waals surface area contributed by atoms with Gasteiger partial charge in [-0.2, -0.15) is 0 Å². The first-order valence-corrected chi connectivity index (χ1v) is 5.83. The van der Waals surface area contributed by atoms with Gasteiger partial charge in [-0.25, -0.2) is 4.98 Å². The molecule has 0 radical (unpaired) electrons. The Morgan fingerprint density at radius 2 is 2.40 bits per heavy atom. The van der Waals surface area contributed by atoms with E-state index in [0.717, 1.165) is 9.35 Å². The summed E-state index contributed by atoms with van der Waals surface area (Å²) in [5.74, 6) is 0. The van der Waals surface area contributed by atoms with E-state index in [1.807, 2.05) is 6.92 Å². The number of hydrogen-bond acceptors (Lipinski definition) is 4. The van der Waals surface area contributed by atoms with Crippen LogP contribution in [0.15, 0.2) is 15.6 Å². The molecule has 4 nitrogen and oxygen atoms in total. The van der Waals surface area contributed by atoms with Crippen LogP contribution in [-0.4, -0.2) is 15.8 Å². The first-order chi connectivity index (χ1) is 7.15. The lowest BCUT2D eigenvalue weighted by Gasteiger charge is -1.98. The molecule has 0 saturated heterocycles. The van der Waals surface area contributed by atoms with Crippen molar-refractivity contribution >= 4 is 43.8 Å². The van der Waals surface area contributed by atoms with Crippen molar-refractivity contribution in [1.82, 2.24) is 9.55 Å². The third-order valence-corrected chi connectivity index (χ3v) is 4.32. The molecule has 0 aromatic carbocycles. The predicted molar refractivity (Wildman–Crippen MR) is 62.4 cm³/mol. The highest BCUT2D eigenvalue weighted by Gasteiger charge is 2.12. The standard InChI is InChI=1S/C9H7BrN2O2S/c1-5-7(10)6-8(15-5)11-4-12(2-3-13)9(6)14/h3-4H,2H2,1H3. The van der Waals surface area contributed by atoms with Crippen LogP contribution in [0.3, 0.4) is 0 Å². The smallest absolute Gasteiger partial charge is 0.263 e. The molecule has 0 unspecified atom stereocenters. The predicted octanol–water partition coefficient (Wildman–Crippen LogP) is 1.73. The number of carbonyl (C=O) groups is 1. The summed E-state index contributed by atoms with van der Waals surface area (Å²) in [5.41, 5.74) is -0.177. The van der Waals surface area contributed by atoms with E-state index < -0.39 is 0 Å². The number of halogens is 1. The number of thiophene rings is 1. The summed E-state index contributed by atoms with van der Waals surface area (Å²) in [6.07, 6.45) is 2.09. The number of rotatable bonds is 2. The van der Waals surface area contributed by atoms with Gasteiger partial charge in [0, 0.05) is 9.35 Å². The molecule has 2 aromatic heterocycles. The maximum absolute atomic E-state index is 11.9. The summed E-state index contributed by atoms with van der Waals surface area (Å²) < 4.78 is 2.08. The normalized spacial score (nSPS) is 10.8. The first-order valence-electron chi connectivity index (χ1n) is 4.23. The SMILES string of the molecule is Cc1sc2ncn(CC=O)c(=O)c2c1Br. The molecule has 15 heavy (non-hydrogen) atoms. The van der Waals surface area contributed by atoms with Gasteiger partial charge in [0.05, 0.1) is 18.3 Å². The van der Waals surface area contributed by atoms with Crippen molar-refractivity contribution in [3.63, 3.8) is 0 Å². The third-order valence-electron chi connectivity index (χ3n) is 2.05. The van der Waals surface area contributed by atoms with E-state index in [1.165, 1.54) is 22.2 Å². The summed E-state index contributed by atoms with van der Waals surface area (Å²) >= 11 is 4.82. The fourth-order valence-electron chi connectivity index (χ4n) is 1.32. The molecule has 2 rings (SSSR count). The highest BCUT2D eigenvalue weighted by atomic mass is 79.9. The van der Waals surface area contributed by atoms with Crippen molar-refractivity contribution in [2.24, 2.45) is 0 Å². The van der Waals surface area contributed by atoms with Gasteiger partial charge >= 0.3 is 0 Å². The average molecular weight is 287 g/mol. The molecular formula is C9H7BrN2O2S. The Hall–Kier alpha value is -1.01. The lowest BCUT2D eigenvalue weighted by molar-refractivity contribution is -0.108. The van der Waals surface area contributed by atoms with E-state index in [2.05, 4.69) is 20.9 Å². The zero-order chi connectivity index (χ0) is 11.0. The van der Waals surface area contributed by atoms with Crippen LogP contribution in [0.4, 0.5) is 0 Å². The Labute approximate surface area is 97.7 Å².